The van der Waals surface area contributed by atoms with Gasteiger partial charge in [0.05, 0.1) is 35.6 Å². The van der Waals surface area contributed by atoms with Gasteiger partial charge in [-0.25, -0.2) is 0 Å². The Morgan fingerprint density at radius 3 is 2.50 bits per heavy atom. The number of hydrogen-bond donors (Lipinski definition) is 4. The zero-order chi connectivity index (χ0) is 27.1. The van der Waals surface area contributed by atoms with Gasteiger partial charge in [-0.1, -0.05) is 30.6 Å². The molecule has 0 aromatic heterocycles. The number of aryl methyl sites for hydroxylation is 1. The lowest BCUT2D eigenvalue weighted by Gasteiger charge is -2.37. The number of anilines is 1. The highest BCUT2D eigenvalue weighted by Crippen LogP contribution is 2.67. The minimum absolute atomic E-state index is 0.0446. The summed E-state index contributed by atoms with van der Waals surface area (Å²) in [6, 6.07) is 2.11. The molecule has 0 radical (unpaired) electrons. The minimum atomic E-state index is -1.60. The first-order valence-corrected chi connectivity index (χ1v) is 12.4. The first kappa shape index (κ1) is 24.3. The highest BCUT2D eigenvalue weighted by Gasteiger charge is 2.82. The van der Waals surface area contributed by atoms with E-state index in [-0.39, 0.29) is 33.5 Å². The average molecular weight is 512 g/mol. The largest absolute Gasteiger partial charge is 0.507 e. The summed E-state index contributed by atoms with van der Waals surface area (Å²) in [6.45, 7) is 5.30. The number of methoxy groups -OCH3 is 1. The van der Waals surface area contributed by atoms with Crippen LogP contribution in [-0.4, -0.2) is 57.8 Å². The molecule has 8 nitrogen and oxygen atoms in total. The number of allylic oxidation sites excluding steroid dienone is 2. The number of aliphatic hydroxyl groups is 2. The Morgan fingerprint density at radius 2 is 1.84 bits per heavy atom. The number of ether oxygens (including phenoxy) is 2. The zero-order valence-corrected chi connectivity index (χ0v) is 21.2. The van der Waals surface area contributed by atoms with E-state index in [1.807, 2.05) is 13.8 Å². The molecular formula is C30H25NO7. The van der Waals surface area contributed by atoms with Crippen LogP contribution in [0.15, 0.2) is 24.3 Å². The van der Waals surface area contributed by atoms with Gasteiger partial charge < -0.3 is 30.1 Å². The number of hydrogen-bond acceptors (Lipinski definition) is 8. The van der Waals surface area contributed by atoms with Crippen LogP contribution >= 0.6 is 0 Å². The molecule has 1 fully saturated rings. The number of ketones is 2. The lowest BCUT2D eigenvalue weighted by atomic mass is 9.69. The van der Waals surface area contributed by atoms with Crippen LogP contribution in [0.25, 0.3) is 0 Å². The summed E-state index contributed by atoms with van der Waals surface area (Å²) in [5.41, 5.74) is -0.934. The van der Waals surface area contributed by atoms with Gasteiger partial charge >= 0.3 is 0 Å². The molecule has 6 rings (SSSR count). The Balaban J connectivity index is 1.67. The van der Waals surface area contributed by atoms with Crippen LogP contribution in [0.5, 0.6) is 11.5 Å². The van der Waals surface area contributed by atoms with Crippen LogP contribution in [0.3, 0.4) is 0 Å². The molecule has 2 aliphatic heterocycles. The Kier molecular flexibility index (Phi) is 5.08. The number of carbonyl (C=O) groups excluding carboxylic acids is 2. The monoisotopic (exact) mass is 511 g/mol. The Morgan fingerprint density at radius 1 is 1.13 bits per heavy atom. The summed E-state index contributed by atoms with van der Waals surface area (Å²) in [4.78, 5) is 28.0. The minimum Gasteiger partial charge on any atom is -0.507 e. The van der Waals surface area contributed by atoms with Gasteiger partial charge in [0.15, 0.2) is 23.1 Å². The van der Waals surface area contributed by atoms with Crippen molar-refractivity contribution in [1.29, 1.82) is 0 Å². The van der Waals surface area contributed by atoms with E-state index in [2.05, 4.69) is 29.0 Å². The third-order valence-corrected chi connectivity index (χ3v) is 8.09. The molecule has 8 heteroatoms. The maximum atomic E-state index is 14.1. The number of phenolic OH excluding ortho intramolecular Hbond substituents is 1. The summed E-state index contributed by atoms with van der Waals surface area (Å²) in [6.07, 6.45) is 1.05. The van der Waals surface area contributed by atoms with E-state index in [9.17, 15) is 24.9 Å². The molecule has 0 unspecified atom stereocenters. The molecule has 4 N–H and O–H groups in total. The van der Waals surface area contributed by atoms with Gasteiger partial charge in [0.25, 0.3) is 0 Å². The van der Waals surface area contributed by atoms with Crippen molar-refractivity contribution in [2.75, 3.05) is 12.4 Å². The quantitative estimate of drug-likeness (QED) is 0.239. The van der Waals surface area contributed by atoms with E-state index < -0.39 is 46.8 Å². The van der Waals surface area contributed by atoms with Gasteiger partial charge in [-0.15, -0.1) is 0 Å². The summed E-state index contributed by atoms with van der Waals surface area (Å²) in [7, 11) is 1.45. The second kappa shape index (κ2) is 7.96. The van der Waals surface area contributed by atoms with Crippen molar-refractivity contribution in [2.45, 2.75) is 56.6 Å². The van der Waals surface area contributed by atoms with Crippen LogP contribution in [0.1, 0.15) is 62.4 Å². The average Bonchev–Trinajstić information content (AvgIpc) is 3.62. The third kappa shape index (κ3) is 2.72. The van der Waals surface area contributed by atoms with Gasteiger partial charge in [-0.3, -0.25) is 9.59 Å². The predicted molar refractivity (Wildman–Crippen MR) is 137 cm³/mol. The smallest absolute Gasteiger partial charge is 0.202 e. The molecule has 2 heterocycles. The number of benzene rings is 2. The van der Waals surface area contributed by atoms with Crippen molar-refractivity contribution in [1.82, 2.24) is 0 Å². The van der Waals surface area contributed by atoms with Crippen molar-refractivity contribution in [3.8, 4) is 35.2 Å². The highest BCUT2D eigenvalue weighted by molar-refractivity contribution is 6.32. The van der Waals surface area contributed by atoms with Crippen molar-refractivity contribution in [3.63, 3.8) is 0 Å². The van der Waals surface area contributed by atoms with Crippen molar-refractivity contribution >= 4 is 17.3 Å². The molecule has 0 amide bonds. The number of aromatic hydroxyl groups is 1. The first-order chi connectivity index (χ1) is 18.1. The second-order valence-corrected chi connectivity index (χ2v) is 9.91. The van der Waals surface area contributed by atoms with E-state index in [4.69, 9.17) is 9.47 Å². The number of rotatable bonds is 3. The SMILES string of the molecule is CCc1c(C)cc2c(c1OC)C(=O)c1c(O)cc3c(c1C2=O)N[C@H]1C#C/C=C\C#C[C@H](O)[C@@]32O[C@@]12[C@@H](C)O. The number of carbonyl (C=O) groups is 2. The zero-order valence-electron chi connectivity index (χ0n) is 21.2. The number of phenols is 1. The Hall–Kier alpha value is -4.08. The van der Waals surface area contributed by atoms with Crippen LogP contribution in [0, 0.1) is 30.6 Å². The topological polar surface area (TPSA) is 129 Å². The summed E-state index contributed by atoms with van der Waals surface area (Å²) < 4.78 is 11.8. The molecule has 2 aromatic carbocycles. The van der Waals surface area contributed by atoms with Gasteiger partial charge in [-0.05, 0) is 55.7 Å². The Labute approximate surface area is 219 Å². The molecule has 2 bridgehead atoms. The number of aliphatic hydroxyl groups excluding tert-OH is 2. The van der Waals surface area contributed by atoms with Crippen LogP contribution in [0.4, 0.5) is 5.69 Å². The van der Waals surface area contributed by atoms with Gasteiger partial charge in [0.2, 0.25) is 5.78 Å². The van der Waals surface area contributed by atoms with Crippen LogP contribution in [0.2, 0.25) is 0 Å². The number of fused-ring (bicyclic) bond motifs is 4. The van der Waals surface area contributed by atoms with E-state index in [0.717, 1.165) is 11.1 Å². The van der Waals surface area contributed by atoms with E-state index in [1.54, 1.807) is 6.07 Å². The van der Waals surface area contributed by atoms with Crippen molar-refractivity contribution < 1.29 is 34.4 Å². The van der Waals surface area contributed by atoms with Crippen LogP contribution < -0.4 is 10.1 Å². The molecular weight excluding hydrogens is 486 g/mol. The molecule has 0 spiro atoms. The van der Waals surface area contributed by atoms with E-state index >= 15 is 0 Å². The fourth-order valence-corrected chi connectivity index (χ4v) is 6.40. The molecule has 38 heavy (non-hydrogen) atoms. The molecule has 1 saturated heterocycles. The first-order valence-electron chi connectivity index (χ1n) is 12.4. The standard InChI is InChI=1S/C30H25NO7/c1-5-16-14(2)12-17-22(28(16)37-4)27(36)23-19(33)13-18-25(24(23)26(17)35)31-20-10-8-6-7-9-11-21(34)30(18)29(20,38-30)15(3)32/h6-7,12-13,15,20-21,31-34H,5H2,1-4H3/b7-6-/t15-,20+,21+,29+,30+/m1/s1. The fraction of sp³-hybridized carbons (Fsp3) is 0.333. The molecule has 0 saturated carbocycles. The second-order valence-electron chi connectivity index (χ2n) is 9.91. The lowest BCUT2D eigenvalue weighted by molar-refractivity contribution is 0.0867. The molecule has 192 valence electrons. The van der Waals surface area contributed by atoms with Gasteiger partial charge in [0, 0.05) is 11.1 Å². The number of epoxide rings is 1. The maximum Gasteiger partial charge on any atom is 0.202 e. The summed E-state index contributed by atoms with van der Waals surface area (Å²) >= 11 is 0. The van der Waals surface area contributed by atoms with Crippen molar-refractivity contribution in [3.05, 3.63) is 63.2 Å². The lowest BCUT2D eigenvalue weighted by Crippen LogP contribution is -2.54. The summed E-state index contributed by atoms with van der Waals surface area (Å²) in [5.74, 6) is 10.1. The molecule has 2 aromatic rings. The Bertz CT molecular complexity index is 1630. The van der Waals surface area contributed by atoms with E-state index in [1.165, 1.54) is 32.3 Å². The highest BCUT2D eigenvalue weighted by atomic mass is 16.7. The normalized spacial score (nSPS) is 29.0. The van der Waals surface area contributed by atoms with Gasteiger partial charge in [0.1, 0.15) is 17.5 Å². The number of nitrogens with one attached hydrogen (secondary N) is 1. The van der Waals surface area contributed by atoms with Crippen LogP contribution in [-0.2, 0) is 16.8 Å². The van der Waals surface area contributed by atoms with Gasteiger partial charge in [-0.2, -0.15) is 0 Å². The third-order valence-electron chi connectivity index (χ3n) is 8.09. The maximum absolute atomic E-state index is 14.1. The van der Waals surface area contributed by atoms with Crippen molar-refractivity contribution in [2.24, 2.45) is 0 Å². The molecule has 2 aliphatic carbocycles. The predicted octanol–water partition coefficient (Wildman–Crippen LogP) is 2.12. The fourth-order valence-electron chi connectivity index (χ4n) is 6.40. The van der Waals surface area contributed by atoms with E-state index in [0.29, 0.717) is 12.2 Å². The molecule has 4 aliphatic rings. The molecule has 5 atom stereocenters. The summed E-state index contributed by atoms with van der Waals surface area (Å²) in [5, 5.41) is 36.6.